The summed E-state index contributed by atoms with van der Waals surface area (Å²) >= 11 is 6.78. The highest BCUT2D eigenvalue weighted by molar-refractivity contribution is 8.26. The van der Waals surface area contributed by atoms with E-state index in [1.54, 1.807) is 24.3 Å². The first-order valence-electron chi connectivity index (χ1n) is 23.3. The summed E-state index contributed by atoms with van der Waals surface area (Å²) in [7, 11) is 0. The van der Waals surface area contributed by atoms with Crippen LogP contribution in [0.5, 0.6) is 0 Å². The molecule has 0 bridgehead atoms. The van der Waals surface area contributed by atoms with Gasteiger partial charge < -0.3 is 35.3 Å². The molecule has 2 amide bonds. The SMILES string of the molecule is CCCC1(CCC)C(=CC=CC2N(CCC(=O)O)c3cc(NC(=O)CN4C(=O)C(=CC=C5N(CC)c6ccccc6C5(C)C)SC4=S)ccc3C2(C)C)N(CCC(=O)O)c2ccc(C(=O)O)cc21. The summed E-state index contributed by atoms with van der Waals surface area (Å²) in [6, 6.07) is 18.6. The number of carbonyl (C=O) groups excluding carboxylic acids is 2. The lowest BCUT2D eigenvalue weighted by atomic mass is 9.72. The number of carboxylic acids is 3. The summed E-state index contributed by atoms with van der Waals surface area (Å²) in [5, 5.41) is 32.6. The summed E-state index contributed by atoms with van der Waals surface area (Å²) in [5.41, 5.74) is 6.99. The fourth-order valence-electron chi connectivity index (χ4n) is 10.8. The van der Waals surface area contributed by atoms with Gasteiger partial charge >= 0.3 is 17.9 Å². The quantitative estimate of drug-likeness (QED) is 0.0702. The second kappa shape index (κ2) is 19.8. The number of thiocarbonyl (C=S) groups is 1. The van der Waals surface area contributed by atoms with Gasteiger partial charge in [0.1, 0.15) is 10.9 Å². The van der Waals surface area contributed by atoms with Crippen molar-refractivity contribution in [3.8, 4) is 0 Å². The standard InChI is InChI=1S/C53H61N5O8S2/c1-8-26-53(27-9-2)37-30-33(49(65)66)18-21-39(37)56(28-24-46(60)61)44(53)17-13-16-42-52(6,7)36-20-19-34(31-40(36)57(42)29-25-47(62)63)54-45(59)32-58-48(64)41(68-50(58)67)22-23-43-51(4,5)35-14-11-12-15-38(35)55(43)10-3/h11-23,30-31,42H,8-10,24-29,32H2,1-7H3,(H,54,59)(H,60,61)(H,62,63)(H,65,66). The Balaban J connectivity index is 1.14. The van der Waals surface area contributed by atoms with E-state index in [1.165, 1.54) is 10.5 Å². The molecule has 0 radical (unpaired) electrons. The van der Waals surface area contributed by atoms with E-state index in [0.717, 1.165) is 83.6 Å². The van der Waals surface area contributed by atoms with Crippen molar-refractivity contribution in [2.45, 2.75) is 109 Å². The smallest absolute Gasteiger partial charge is 0.335 e. The number of fused-ring (bicyclic) bond motifs is 3. The topological polar surface area (TPSA) is 171 Å². The Hall–Kier alpha value is -6.19. The van der Waals surface area contributed by atoms with E-state index in [9.17, 15) is 39.3 Å². The zero-order valence-corrected chi connectivity index (χ0v) is 41.4. The highest BCUT2D eigenvalue weighted by Crippen LogP contribution is 2.54. The maximum atomic E-state index is 13.7. The van der Waals surface area contributed by atoms with E-state index >= 15 is 0 Å². The average Bonchev–Trinajstić information content (AvgIpc) is 3.86. The first kappa shape index (κ1) is 49.7. The number of hydrogen-bond donors (Lipinski definition) is 4. The Morgan fingerprint density at radius 1 is 0.750 bits per heavy atom. The van der Waals surface area contributed by atoms with Crippen molar-refractivity contribution < 1.29 is 39.3 Å². The maximum Gasteiger partial charge on any atom is 0.335 e. The minimum Gasteiger partial charge on any atom is -0.481 e. The summed E-state index contributed by atoms with van der Waals surface area (Å²) in [6.07, 6.45) is 12.6. The molecule has 0 aromatic heterocycles. The zero-order valence-electron chi connectivity index (χ0n) is 39.8. The van der Waals surface area contributed by atoms with Crippen molar-refractivity contribution in [3.63, 3.8) is 0 Å². The summed E-state index contributed by atoms with van der Waals surface area (Å²) in [6.45, 7) is 15.6. The molecule has 358 valence electrons. The highest BCUT2D eigenvalue weighted by atomic mass is 32.2. The van der Waals surface area contributed by atoms with Crippen LogP contribution >= 0.6 is 24.0 Å². The molecule has 4 heterocycles. The van der Waals surface area contributed by atoms with E-state index in [1.807, 2.05) is 64.4 Å². The van der Waals surface area contributed by atoms with Crippen LogP contribution in [0.2, 0.25) is 0 Å². The number of allylic oxidation sites excluding steroid dienone is 6. The Morgan fingerprint density at radius 3 is 2.09 bits per heavy atom. The molecule has 0 spiro atoms. The third-order valence-corrected chi connectivity index (χ3v) is 15.3. The molecule has 1 fully saturated rings. The van der Waals surface area contributed by atoms with Crippen molar-refractivity contribution in [3.05, 3.63) is 130 Å². The molecule has 0 saturated carbocycles. The van der Waals surface area contributed by atoms with E-state index in [2.05, 4.69) is 70.8 Å². The van der Waals surface area contributed by atoms with Crippen LogP contribution in [0.25, 0.3) is 0 Å². The number of anilines is 4. The van der Waals surface area contributed by atoms with Crippen LogP contribution in [0.1, 0.15) is 114 Å². The molecule has 1 saturated heterocycles. The van der Waals surface area contributed by atoms with Gasteiger partial charge in [0.05, 0.1) is 29.4 Å². The Bertz CT molecular complexity index is 2680. The van der Waals surface area contributed by atoms with E-state index < -0.39 is 34.6 Å². The number of rotatable bonds is 18. The number of thioether (sulfide) groups is 1. The second-order valence-corrected chi connectivity index (χ2v) is 20.5. The number of nitrogens with zero attached hydrogens (tertiary/aromatic N) is 4. The Kier molecular flexibility index (Phi) is 14.5. The highest BCUT2D eigenvalue weighted by Gasteiger charge is 2.47. The zero-order chi connectivity index (χ0) is 49.3. The van der Waals surface area contributed by atoms with Crippen molar-refractivity contribution in [1.82, 2.24) is 4.90 Å². The van der Waals surface area contributed by atoms with Crippen LogP contribution in [-0.2, 0) is 35.4 Å². The van der Waals surface area contributed by atoms with Crippen LogP contribution in [0.3, 0.4) is 0 Å². The number of nitrogens with one attached hydrogen (secondary N) is 1. The number of aromatic carboxylic acids is 1. The lowest BCUT2D eigenvalue weighted by Gasteiger charge is -2.34. The molecule has 4 N–H and O–H groups in total. The Morgan fingerprint density at radius 2 is 1.43 bits per heavy atom. The molecule has 4 aliphatic heterocycles. The first-order valence-corrected chi connectivity index (χ1v) is 24.5. The van der Waals surface area contributed by atoms with Gasteiger partial charge in [-0.1, -0.05) is 115 Å². The molecule has 68 heavy (non-hydrogen) atoms. The van der Waals surface area contributed by atoms with Gasteiger partial charge in [0.2, 0.25) is 5.91 Å². The first-order chi connectivity index (χ1) is 32.3. The van der Waals surface area contributed by atoms with Gasteiger partial charge in [-0.15, -0.1) is 0 Å². The number of para-hydroxylation sites is 1. The van der Waals surface area contributed by atoms with E-state index in [4.69, 9.17) is 12.2 Å². The molecule has 13 nitrogen and oxygen atoms in total. The number of benzene rings is 3. The molecule has 7 rings (SSSR count). The minimum absolute atomic E-state index is 0.120. The monoisotopic (exact) mass is 959 g/mol. The van der Waals surface area contributed by atoms with Gasteiger partial charge in [-0.05, 0) is 91.1 Å². The maximum absolute atomic E-state index is 13.7. The molecular weight excluding hydrogens is 899 g/mol. The lowest BCUT2D eigenvalue weighted by Crippen LogP contribution is -2.41. The molecule has 3 aromatic rings. The van der Waals surface area contributed by atoms with Crippen LogP contribution < -0.4 is 20.0 Å². The van der Waals surface area contributed by atoms with E-state index in [0.29, 0.717) is 10.6 Å². The van der Waals surface area contributed by atoms with Gasteiger partial charge in [0, 0.05) is 70.0 Å². The van der Waals surface area contributed by atoms with Crippen molar-refractivity contribution in [2.24, 2.45) is 0 Å². The summed E-state index contributed by atoms with van der Waals surface area (Å²) in [5.74, 6) is -3.71. The fourth-order valence-corrected chi connectivity index (χ4v) is 12.0. The summed E-state index contributed by atoms with van der Waals surface area (Å²) in [4.78, 5) is 71.6. The van der Waals surface area contributed by atoms with Gasteiger partial charge in [0.25, 0.3) is 5.91 Å². The molecule has 1 atom stereocenters. The largest absolute Gasteiger partial charge is 0.481 e. The third kappa shape index (κ3) is 9.22. The number of amides is 2. The number of carbonyl (C=O) groups is 5. The molecular formula is C53H61N5O8S2. The second-order valence-electron chi connectivity index (χ2n) is 18.9. The van der Waals surface area contributed by atoms with Crippen LogP contribution in [0.4, 0.5) is 22.7 Å². The minimum atomic E-state index is -1.03. The van der Waals surface area contributed by atoms with Crippen LogP contribution in [0.15, 0.2) is 107 Å². The average molecular weight is 960 g/mol. The predicted octanol–water partition coefficient (Wildman–Crippen LogP) is 9.98. The lowest BCUT2D eigenvalue weighted by molar-refractivity contribution is -0.137. The fraction of sp³-hybridized carbons (Fsp3) is 0.396. The van der Waals surface area contributed by atoms with Crippen molar-refractivity contribution in [2.75, 3.05) is 46.2 Å². The predicted molar refractivity (Wildman–Crippen MR) is 274 cm³/mol. The molecule has 3 aromatic carbocycles. The van der Waals surface area contributed by atoms with Crippen molar-refractivity contribution >= 4 is 80.8 Å². The number of carboxylic acid groups (broad SMARTS) is 3. The van der Waals surface area contributed by atoms with Crippen molar-refractivity contribution in [1.29, 1.82) is 0 Å². The van der Waals surface area contributed by atoms with Gasteiger partial charge in [0.15, 0.2) is 0 Å². The van der Waals surface area contributed by atoms with Gasteiger partial charge in [-0.25, -0.2) is 4.79 Å². The molecule has 0 aliphatic carbocycles. The number of hydrogen-bond acceptors (Lipinski definition) is 10. The third-order valence-electron chi connectivity index (χ3n) is 13.9. The van der Waals surface area contributed by atoms with Crippen LogP contribution in [0, 0.1) is 0 Å². The van der Waals surface area contributed by atoms with Crippen LogP contribution in [-0.4, -0.2) is 86.5 Å². The Labute approximate surface area is 408 Å². The molecule has 4 aliphatic rings. The van der Waals surface area contributed by atoms with E-state index in [-0.39, 0.29) is 59.7 Å². The van der Waals surface area contributed by atoms with Gasteiger partial charge in [-0.2, -0.15) is 0 Å². The molecule has 1 unspecified atom stereocenters. The number of aliphatic carboxylic acids is 2. The normalized spacial score (nSPS) is 20.5. The number of likely N-dealkylation sites (N-methyl/N-ethyl adjacent to an activating group) is 1. The van der Waals surface area contributed by atoms with Gasteiger partial charge in [-0.3, -0.25) is 24.1 Å². The summed E-state index contributed by atoms with van der Waals surface area (Å²) < 4.78 is 0.286. The molecule has 15 heteroatoms.